The van der Waals surface area contributed by atoms with Crippen molar-refractivity contribution in [1.29, 1.82) is 0 Å². The number of amides is 1. The van der Waals surface area contributed by atoms with Crippen LogP contribution in [0, 0.1) is 13.8 Å². The van der Waals surface area contributed by atoms with Gasteiger partial charge in [-0.15, -0.1) is 0 Å². The minimum Gasteiger partial charge on any atom is -0.483 e. The van der Waals surface area contributed by atoms with Crippen molar-refractivity contribution in [3.05, 3.63) is 29.3 Å². The molecule has 0 fully saturated rings. The molecule has 0 spiro atoms. The van der Waals surface area contributed by atoms with Crippen LogP contribution in [0.4, 0.5) is 0 Å². The highest BCUT2D eigenvalue weighted by atomic mass is 16.5. The molecule has 1 amide bonds. The van der Waals surface area contributed by atoms with Crippen molar-refractivity contribution >= 4 is 5.91 Å². The van der Waals surface area contributed by atoms with Crippen LogP contribution in [0.1, 0.15) is 31.4 Å². The monoisotopic (exact) mass is 292 g/mol. The molecule has 1 aromatic rings. The van der Waals surface area contributed by atoms with Gasteiger partial charge in [0.2, 0.25) is 0 Å². The first-order valence-electron chi connectivity index (χ1n) is 7.76. The second kappa shape index (κ2) is 9.40. The van der Waals surface area contributed by atoms with Gasteiger partial charge in [0.05, 0.1) is 0 Å². The smallest absolute Gasteiger partial charge is 0.257 e. The second-order valence-electron chi connectivity index (χ2n) is 5.24. The van der Waals surface area contributed by atoms with E-state index in [4.69, 9.17) is 4.74 Å². The highest BCUT2D eigenvalue weighted by Gasteiger charge is 2.07. The number of rotatable bonds is 9. The summed E-state index contributed by atoms with van der Waals surface area (Å²) >= 11 is 0. The van der Waals surface area contributed by atoms with Crippen molar-refractivity contribution in [2.75, 3.05) is 32.8 Å². The van der Waals surface area contributed by atoms with Crippen molar-refractivity contribution in [3.63, 3.8) is 0 Å². The Bertz CT molecular complexity index is 422. The standard InChI is InChI=1S/C17H28N2O2/c1-5-19(6-2)12-8-11-18-16(20)13-21-17-14(3)9-7-10-15(17)4/h7,9-10H,5-6,8,11-13H2,1-4H3,(H,18,20). The molecule has 118 valence electrons. The Balaban J connectivity index is 2.26. The molecule has 1 N–H and O–H groups in total. The quantitative estimate of drug-likeness (QED) is 0.711. The van der Waals surface area contributed by atoms with E-state index in [9.17, 15) is 4.79 Å². The third-order valence-electron chi connectivity index (χ3n) is 3.62. The largest absolute Gasteiger partial charge is 0.483 e. The number of hydrogen-bond donors (Lipinski definition) is 1. The Morgan fingerprint density at radius 3 is 2.38 bits per heavy atom. The number of para-hydroxylation sites is 1. The summed E-state index contributed by atoms with van der Waals surface area (Å²) in [4.78, 5) is 14.1. The molecule has 0 aliphatic heterocycles. The maximum atomic E-state index is 11.8. The molecule has 4 nitrogen and oxygen atoms in total. The zero-order chi connectivity index (χ0) is 15.7. The van der Waals surface area contributed by atoms with Gasteiger partial charge in [0, 0.05) is 6.54 Å². The summed E-state index contributed by atoms with van der Waals surface area (Å²) < 4.78 is 5.63. The number of ether oxygens (including phenoxy) is 1. The second-order valence-corrected chi connectivity index (χ2v) is 5.24. The summed E-state index contributed by atoms with van der Waals surface area (Å²) in [5.41, 5.74) is 2.12. The third kappa shape index (κ3) is 6.17. The summed E-state index contributed by atoms with van der Waals surface area (Å²) in [6.45, 7) is 12.2. The van der Waals surface area contributed by atoms with Crippen LogP contribution >= 0.6 is 0 Å². The van der Waals surface area contributed by atoms with Crippen molar-refractivity contribution in [3.8, 4) is 5.75 Å². The molecule has 21 heavy (non-hydrogen) atoms. The average molecular weight is 292 g/mol. The van der Waals surface area contributed by atoms with Gasteiger partial charge in [0.25, 0.3) is 5.91 Å². The highest BCUT2D eigenvalue weighted by molar-refractivity contribution is 5.77. The fraction of sp³-hybridized carbons (Fsp3) is 0.588. The summed E-state index contributed by atoms with van der Waals surface area (Å²) in [5, 5.41) is 2.90. The van der Waals surface area contributed by atoms with E-state index >= 15 is 0 Å². The summed E-state index contributed by atoms with van der Waals surface area (Å²) in [6, 6.07) is 5.97. The molecule has 0 unspecified atom stereocenters. The summed E-state index contributed by atoms with van der Waals surface area (Å²) in [6.07, 6.45) is 0.969. The van der Waals surface area contributed by atoms with Crippen LogP contribution in [0.3, 0.4) is 0 Å². The third-order valence-corrected chi connectivity index (χ3v) is 3.62. The number of benzene rings is 1. The van der Waals surface area contributed by atoms with E-state index in [1.165, 1.54) is 0 Å². The van der Waals surface area contributed by atoms with Gasteiger partial charge in [-0.3, -0.25) is 4.79 Å². The molecule has 1 rings (SSSR count). The zero-order valence-electron chi connectivity index (χ0n) is 13.7. The van der Waals surface area contributed by atoms with E-state index in [1.807, 2.05) is 32.0 Å². The van der Waals surface area contributed by atoms with Crippen LogP contribution < -0.4 is 10.1 Å². The van der Waals surface area contributed by atoms with Crippen LogP contribution in [-0.4, -0.2) is 43.6 Å². The SMILES string of the molecule is CCN(CC)CCCNC(=O)COc1c(C)cccc1C. The number of carbonyl (C=O) groups is 1. The first-order chi connectivity index (χ1) is 10.1. The molecule has 0 aliphatic carbocycles. The number of nitrogens with one attached hydrogen (secondary N) is 1. The van der Waals surface area contributed by atoms with Crippen LogP contribution in [-0.2, 0) is 4.79 Å². The van der Waals surface area contributed by atoms with E-state index in [2.05, 4.69) is 24.1 Å². The zero-order valence-corrected chi connectivity index (χ0v) is 13.7. The number of carbonyl (C=O) groups excluding carboxylic acids is 1. The van der Waals surface area contributed by atoms with E-state index in [-0.39, 0.29) is 12.5 Å². The minimum absolute atomic E-state index is 0.0581. The predicted octanol–water partition coefficient (Wildman–Crippen LogP) is 2.53. The van der Waals surface area contributed by atoms with Crippen LogP contribution in [0.2, 0.25) is 0 Å². The van der Waals surface area contributed by atoms with Gasteiger partial charge in [0.1, 0.15) is 5.75 Å². The Morgan fingerprint density at radius 2 is 1.81 bits per heavy atom. The normalized spacial score (nSPS) is 10.7. The van der Waals surface area contributed by atoms with Crippen LogP contribution in [0.5, 0.6) is 5.75 Å². The highest BCUT2D eigenvalue weighted by Crippen LogP contribution is 2.21. The lowest BCUT2D eigenvalue weighted by Gasteiger charge is -2.17. The molecule has 0 radical (unpaired) electrons. The molecular formula is C17H28N2O2. The lowest BCUT2D eigenvalue weighted by atomic mass is 10.1. The van der Waals surface area contributed by atoms with Crippen LogP contribution in [0.25, 0.3) is 0 Å². The van der Waals surface area contributed by atoms with E-state index < -0.39 is 0 Å². The summed E-state index contributed by atoms with van der Waals surface area (Å²) in [5.74, 6) is 0.757. The fourth-order valence-corrected chi connectivity index (χ4v) is 2.29. The molecule has 1 aromatic carbocycles. The topological polar surface area (TPSA) is 41.6 Å². The lowest BCUT2D eigenvalue weighted by molar-refractivity contribution is -0.123. The molecule has 0 saturated carbocycles. The molecule has 0 heterocycles. The van der Waals surface area contributed by atoms with Crippen molar-refractivity contribution < 1.29 is 9.53 Å². The van der Waals surface area contributed by atoms with Gasteiger partial charge in [-0.05, 0) is 51.0 Å². The van der Waals surface area contributed by atoms with Crippen LogP contribution in [0.15, 0.2) is 18.2 Å². The Morgan fingerprint density at radius 1 is 1.19 bits per heavy atom. The van der Waals surface area contributed by atoms with Crippen molar-refractivity contribution in [2.45, 2.75) is 34.1 Å². The average Bonchev–Trinajstić information content (AvgIpc) is 2.47. The van der Waals surface area contributed by atoms with Gasteiger partial charge in [-0.1, -0.05) is 32.0 Å². The first kappa shape index (κ1) is 17.5. The first-order valence-corrected chi connectivity index (χ1v) is 7.76. The number of aryl methyl sites for hydroxylation is 2. The maximum absolute atomic E-state index is 11.8. The Kier molecular flexibility index (Phi) is 7.83. The van der Waals surface area contributed by atoms with Gasteiger partial charge < -0.3 is 15.0 Å². The molecule has 0 aliphatic rings. The van der Waals surface area contributed by atoms with Gasteiger partial charge in [0.15, 0.2) is 6.61 Å². The minimum atomic E-state index is -0.0581. The molecule has 0 bridgehead atoms. The Hall–Kier alpha value is -1.55. The molecule has 0 atom stereocenters. The van der Waals surface area contributed by atoms with E-state index in [1.54, 1.807) is 0 Å². The fourth-order valence-electron chi connectivity index (χ4n) is 2.29. The van der Waals surface area contributed by atoms with E-state index in [0.717, 1.165) is 42.9 Å². The van der Waals surface area contributed by atoms with Crippen molar-refractivity contribution in [1.82, 2.24) is 10.2 Å². The summed E-state index contributed by atoms with van der Waals surface area (Å²) in [7, 11) is 0. The molecular weight excluding hydrogens is 264 g/mol. The van der Waals surface area contributed by atoms with Crippen molar-refractivity contribution in [2.24, 2.45) is 0 Å². The van der Waals surface area contributed by atoms with Gasteiger partial charge >= 0.3 is 0 Å². The van der Waals surface area contributed by atoms with Gasteiger partial charge in [-0.25, -0.2) is 0 Å². The molecule has 0 aromatic heterocycles. The Labute approximate surface area is 128 Å². The predicted molar refractivity (Wildman–Crippen MR) is 86.8 cm³/mol. The van der Waals surface area contributed by atoms with Gasteiger partial charge in [-0.2, -0.15) is 0 Å². The molecule has 4 heteroatoms. The number of hydrogen-bond acceptors (Lipinski definition) is 3. The van der Waals surface area contributed by atoms with E-state index in [0.29, 0.717) is 6.54 Å². The number of nitrogens with zero attached hydrogens (tertiary/aromatic N) is 1. The maximum Gasteiger partial charge on any atom is 0.257 e. The molecule has 0 saturated heterocycles. The lowest BCUT2D eigenvalue weighted by Crippen LogP contribution is -2.32.